The highest BCUT2D eigenvalue weighted by molar-refractivity contribution is 6.26. The molecular formula is C12H11ClN2O4. The third-order valence-corrected chi connectivity index (χ3v) is 2.76. The molecule has 1 fully saturated rings. The second-order valence-electron chi connectivity index (χ2n) is 3.86. The van der Waals surface area contributed by atoms with E-state index in [0.717, 1.165) is 0 Å². The van der Waals surface area contributed by atoms with E-state index in [1.54, 1.807) is 24.3 Å². The summed E-state index contributed by atoms with van der Waals surface area (Å²) in [6.07, 6.45) is 0.259. The van der Waals surface area contributed by atoms with Gasteiger partial charge in [-0.25, -0.2) is 4.79 Å². The van der Waals surface area contributed by atoms with Gasteiger partial charge in [-0.15, -0.1) is 11.6 Å². The highest BCUT2D eigenvalue weighted by Gasteiger charge is 2.23. The zero-order chi connectivity index (χ0) is 13.8. The highest BCUT2D eigenvalue weighted by atomic mass is 35.5. The number of nitrogens with zero attached hydrogens (tertiary/aromatic N) is 1. The molecule has 0 saturated carbocycles. The molecule has 1 aromatic carbocycles. The van der Waals surface area contributed by atoms with E-state index in [1.807, 2.05) is 0 Å². The summed E-state index contributed by atoms with van der Waals surface area (Å²) >= 11 is 5.32. The van der Waals surface area contributed by atoms with Crippen LogP contribution in [0.3, 0.4) is 0 Å². The Bertz CT molecular complexity index is 515. The van der Waals surface area contributed by atoms with Gasteiger partial charge in [-0.3, -0.25) is 19.8 Å². The molecule has 1 N–H and O–H groups in total. The van der Waals surface area contributed by atoms with Crippen LogP contribution in [0.1, 0.15) is 6.42 Å². The lowest BCUT2D eigenvalue weighted by Gasteiger charge is -2.26. The van der Waals surface area contributed by atoms with Crippen molar-refractivity contribution in [2.75, 3.05) is 17.3 Å². The van der Waals surface area contributed by atoms with E-state index >= 15 is 0 Å². The molecule has 0 spiro atoms. The Morgan fingerprint density at radius 1 is 1.32 bits per heavy atom. The highest BCUT2D eigenvalue weighted by Crippen LogP contribution is 2.21. The summed E-state index contributed by atoms with van der Waals surface area (Å²) in [4.78, 5) is 35.1. The summed E-state index contributed by atoms with van der Waals surface area (Å²) in [5.74, 6) is -0.703. The van der Waals surface area contributed by atoms with Crippen LogP contribution in [0.25, 0.3) is 0 Å². The fraction of sp³-hybridized carbons (Fsp3) is 0.250. The number of esters is 1. The largest absolute Gasteiger partial charge is 0.426 e. The van der Waals surface area contributed by atoms with Gasteiger partial charge < -0.3 is 4.74 Å². The third-order valence-electron chi connectivity index (χ3n) is 2.54. The van der Waals surface area contributed by atoms with Gasteiger partial charge in [-0.2, -0.15) is 0 Å². The van der Waals surface area contributed by atoms with E-state index in [2.05, 4.69) is 5.32 Å². The van der Waals surface area contributed by atoms with Crippen LogP contribution in [0.4, 0.5) is 10.5 Å². The lowest BCUT2D eigenvalue weighted by molar-refractivity contribution is -0.131. The predicted molar refractivity (Wildman–Crippen MR) is 68.3 cm³/mol. The zero-order valence-corrected chi connectivity index (χ0v) is 10.6. The summed E-state index contributed by atoms with van der Waals surface area (Å²) in [7, 11) is 0. The van der Waals surface area contributed by atoms with Crippen molar-refractivity contribution in [2.45, 2.75) is 6.42 Å². The minimum Gasteiger partial charge on any atom is -0.426 e. The average molecular weight is 283 g/mol. The molecule has 1 aliphatic heterocycles. The molecule has 0 unspecified atom stereocenters. The number of alkyl halides is 1. The first-order valence-corrected chi connectivity index (χ1v) is 6.11. The summed E-state index contributed by atoms with van der Waals surface area (Å²) < 4.78 is 4.91. The molecule has 0 atom stereocenters. The van der Waals surface area contributed by atoms with Crippen LogP contribution in [-0.2, 0) is 9.59 Å². The van der Waals surface area contributed by atoms with Crippen LogP contribution in [-0.4, -0.2) is 30.3 Å². The number of hydrogen-bond donors (Lipinski definition) is 1. The van der Waals surface area contributed by atoms with Gasteiger partial charge in [0.1, 0.15) is 11.6 Å². The van der Waals surface area contributed by atoms with Crippen molar-refractivity contribution in [3.05, 3.63) is 24.3 Å². The quantitative estimate of drug-likeness (QED) is 0.515. The van der Waals surface area contributed by atoms with E-state index in [4.69, 9.17) is 16.3 Å². The Morgan fingerprint density at radius 2 is 2.00 bits per heavy atom. The Labute approximate surface area is 114 Å². The number of ether oxygens (including phenoxy) is 1. The van der Waals surface area contributed by atoms with Gasteiger partial charge in [0.05, 0.1) is 0 Å². The summed E-state index contributed by atoms with van der Waals surface area (Å²) in [5.41, 5.74) is 0.621. The summed E-state index contributed by atoms with van der Waals surface area (Å²) in [5, 5.41) is 2.23. The monoisotopic (exact) mass is 282 g/mol. The molecule has 0 bridgehead atoms. The average Bonchev–Trinajstić information content (AvgIpc) is 2.40. The Kier molecular flexibility index (Phi) is 4.01. The zero-order valence-electron chi connectivity index (χ0n) is 9.89. The van der Waals surface area contributed by atoms with E-state index in [0.29, 0.717) is 18.0 Å². The van der Waals surface area contributed by atoms with Gasteiger partial charge in [-0.05, 0) is 24.3 Å². The molecule has 19 heavy (non-hydrogen) atoms. The molecule has 2 rings (SSSR count). The number of rotatable bonds is 3. The summed E-state index contributed by atoms with van der Waals surface area (Å²) in [6.45, 7) is 0.325. The van der Waals surface area contributed by atoms with Crippen molar-refractivity contribution in [2.24, 2.45) is 0 Å². The first-order chi connectivity index (χ1) is 9.10. The van der Waals surface area contributed by atoms with Gasteiger partial charge in [-0.1, -0.05) is 0 Å². The number of nitrogens with one attached hydrogen (secondary N) is 1. The lowest BCUT2D eigenvalue weighted by atomic mass is 10.2. The Balaban J connectivity index is 2.08. The minimum absolute atomic E-state index is 0.224. The maximum Gasteiger partial charge on any atom is 0.328 e. The van der Waals surface area contributed by atoms with Gasteiger partial charge in [0, 0.05) is 18.7 Å². The molecular weight excluding hydrogens is 272 g/mol. The van der Waals surface area contributed by atoms with Crippen LogP contribution in [0, 0.1) is 0 Å². The SMILES string of the molecule is O=C1CCN(c2ccc(OC(=O)CCl)cc2)C(=O)N1. The first-order valence-electron chi connectivity index (χ1n) is 5.58. The molecule has 1 aromatic rings. The summed E-state index contributed by atoms with van der Waals surface area (Å²) in [6, 6.07) is 5.92. The minimum atomic E-state index is -0.546. The van der Waals surface area contributed by atoms with Crippen LogP contribution in [0.15, 0.2) is 24.3 Å². The van der Waals surface area contributed by atoms with Gasteiger partial charge in [0.25, 0.3) is 0 Å². The molecule has 3 amide bonds. The van der Waals surface area contributed by atoms with E-state index < -0.39 is 12.0 Å². The van der Waals surface area contributed by atoms with Gasteiger partial charge >= 0.3 is 12.0 Å². The second kappa shape index (κ2) is 5.71. The van der Waals surface area contributed by atoms with Crippen molar-refractivity contribution in [3.8, 4) is 5.75 Å². The van der Waals surface area contributed by atoms with Crippen molar-refractivity contribution in [3.63, 3.8) is 0 Å². The molecule has 0 aliphatic carbocycles. The van der Waals surface area contributed by atoms with Crippen molar-refractivity contribution in [1.29, 1.82) is 0 Å². The predicted octanol–water partition coefficient (Wildman–Crippen LogP) is 1.28. The van der Waals surface area contributed by atoms with Crippen molar-refractivity contribution < 1.29 is 19.1 Å². The number of anilines is 1. The van der Waals surface area contributed by atoms with E-state index in [-0.39, 0.29) is 18.2 Å². The number of carbonyl (C=O) groups excluding carboxylic acids is 3. The first kappa shape index (κ1) is 13.4. The van der Waals surface area contributed by atoms with Crippen molar-refractivity contribution >= 4 is 35.2 Å². The molecule has 0 aromatic heterocycles. The Hall–Kier alpha value is -2.08. The molecule has 6 nitrogen and oxygen atoms in total. The number of imide groups is 1. The van der Waals surface area contributed by atoms with Gasteiger partial charge in [0.15, 0.2) is 0 Å². The fourth-order valence-corrected chi connectivity index (χ4v) is 1.72. The smallest absolute Gasteiger partial charge is 0.328 e. The number of hydrogen-bond acceptors (Lipinski definition) is 4. The van der Waals surface area contributed by atoms with Crippen LogP contribution in [0.2, 0.25) is 0 Å². The molecule has 1 heterocycles. The number of urea groups is 1. The standard InChI is InChI=1S/C12H11ClN2O4/c13-7-11(17)19-9-3-1-8(2-4-9)15-6-5-10(16)14-12(15)18/h1-4H,5-7H2,(H,14,16,18). The normalized spacial score (nSPS) is 15.1. The molecule has 100 valence electrons. The van der Waals surface area contributed by atoms with Gasteiger partial charge in [0.2, 0.25) is 5.91 Å². The molecule has 7 heteroatoms. The van der Waals surface area contributed by atoms with Crippen molar-refractivity contribution in [1.82, 2.24) is 5.32 Å². The second-order valence-corrected chi connectivity index (χ2v) is 4.12. The van der Waals surface area contributed by atoms with E-state index in [1.165, 1.54) is 4.90 Å². The maximum atomic E-state index is 11.6. The fourth-order valence-electron chi connectivity index (χ4n) is 1.66. The number of benzene rings is 1. The van der Waals surface area contributed by atoms with E-state index in [9.17, 15) is 14.4 Å². The third kappa shape index (κ3) is 3.23. The van der Waals surface area contributed by atoms with Crippen LogP contribution in [0.5, 0.6) is 5.75 Å². The molecule has 0 radical (unpaired) electrons. The number of amides is 3. The number of halogens is 1. The topological polar surface area (TPSA) is 75.7 Å². The van der Waals surface area contributed by atoms with Crippen LogP contribution >= 0.6 is 11.6 Å². The Morgan fingerprint density at radius 3 is 2.58 bits per heavy atom. The molecule has 1 saturated heterocycles. The van der Waals surface area contributed by atoms with Crippen LogP contribution < -0.4 is 15.0 Å². The lowest BCUT2D eigenvalue weighted by Crippen LogP contribution is -2.49. The maximum absolute atomic E-state index is 11.6. The number of carbonyl (C=O) groups is 3. The molecule has 1 aliphatic rings.